The third-order valence-electron chi connectivity index (χ3n) is 4.55. The number of benzene rings is 1. The zero-order chi connectivity index (χ0) is 21.8. The van der Waals surface area contributed by atoms with Crippen LogP contribution in [0.4, 0.5) is 13.6 Å². The first-order chi connectivity index (χ1) is 13.6. The van der Waals surface area contributed by atoms with Crippen molar-refractivity contribution in [3.05, 3.63) is 34.9 Å². The van der Waals surface area contributed by atoms with E-state index in [1.165, 1.54) is 19.2 Å². The maximum absolute atomic E-state index is 14.7. The summed E-state index contributed by atoms with van der Waals surface area (Å²) in [6.07, 6.45) is -2.07. The molecule has 0 radical (unpaired) electrons. The summed E-state index contributed by atoms with van der Waals surface area (Å²) in [5.74, 6) is -1.60. The third kappa shape index (κ3) is 5.87. The van der Waals surface area contributed by atoms with Crippen LogP contribution in [0.2, 0.25) is 0 Å². The number of hydrogen-bond donors (Lipinski definition) is 0. The summed E-state index contributed by atoms with van der Waals surface area (Å²) in [6.45, 7) is 10.1. The molecular weight excluding hydrogens is 384 g/mol. The first kappa shape index (κ1) is 23.5. The summed E-state index contributed by atoms with van der Waals surface area (Å²) in [7, 11) is 1.48. The quantitative estimate of drug-likeness (QED) is 0.581. The normalized spacial score (nSPS) is 16.1. The van der Waals surface area contributed by atoms with E-state index in [4.69, 9.17) is 18.9 Å². The molecule has 1 unspecified atom stereocenters. The van der Waals surface area contributed by atoms with Crippen LogP contribution in [-0.4, -0.2) is 50.0 Å². The molecule has 1 aromatic carbocycles. The van der Waals surface area contributed by atoms with E-state index in [1.54, 1.807) is 39.5 Å². The summed E-state index contributed by atoms with van der Waals surface area (Å²) in [5, 5.41) is 0. The Balaban J connectivity index is 2.14. The minimum absolute atomic E-state index is 0.0910. The highest BCUT2D eigenvalue weighted by Crippen LogP contribution is 2.36. The van der Waals surface area contributed by atoms with E-state index in [1.807, 2.05) is 0 Å². The van der Waals surface area contributed by atoms with Gasteiger partial charge in [0, 0.05) is 39.3 Å². The summed E-state index contributed by atoms with van der Waals surface area (Å²) in [5.41, 5.74) is -0.467. The predicted octanol–water partition coefficient (Wildman–Crippen LogP) is 4.59. The average Bonchev–Trinajstić information content (AvgIpc) is 2.55. The topological polar surface area (TPSA) is 57.2 Å². The number of carbonyl (C=O) groups excluding carboxylic acids is 1. The molecule has 1 heterocycles. The van der Waals surface area contributed by atoms with Crippen molar-refractivity contribution in [1.82, 2.24) is 4.90 Å². The van der Waals surface area contributed by atoms with Gasteiger partial charge in [-0.25, -0.2) is 13.6 Å². The molecular formula is C21H31F2NO5. The first-order valence-corrected chi connectivity index (χ1v) is 9.84. The van der Waals surface area contributed by atoms with Gasteiger partial charge in [0.05, 0.1) is 11.7 Å². The lowest BCUT2D eigenvalue weighted by Gasteiger charge is -2.43. The average molecular weight is 415 g/mol. The zero-order valence-corrected chi connectivity index (χ0v) is 18.0. The lowest BCUT2D eigenvalue weighted by Crippen LogP contribution is -2.53. The van der Waals surface area contributed by atoms with Crippen molar-refractivity contribution in [2.45, 2.75) is 52.6 Å². The monoisotopic (exact) mass is 415 g/mol. The van der Waals surface area contributed by atoms with Crippen molar-refractivity contribution >= 4 is 6.09 Å². The van der Waals surface area contributed by atoms with Gasteiger partial charge in [0.1, 0.15) is 17.2 Å². The van der Waals surface area contributed by atoms with Crippen LogP contribution in [0.25, 0.3) is 0 Å². The summed E-state index contributed by atoms with van der Waals surface area (Å²) >= 11 is 0. The predicted molar refractivity (Wildman–Crippen MR) is 103 cm³/mol. The molecule has 0 aliphatic carbocycles. The molecule has 2 rings (SSSR count). The van der Waals surface area contributed by atoms with Gasteiger partial charge in [-0.2, -0.15) is 0 Å². The van der Waals surface area contributed by atoms with Crippen LogP contribution >= 0.6 is 0 Å². The fraction of sp³-hybridized carbons (Fsp3) is 0.667. The van der Waals surface area contributed by atoms with Gasteiger partial charge in [0.15, 0.2) is 6.29 Å². The van der Waals surface area contributed by atoms with Gasteiger partial charge in [-0.1, -0.05) is 0 Å². The number of methoxy groups -OCH3 is 1. The molecule has 164 valence electrons. The van der Waals surface area contributed by atoms with Crippen molar-refractivity contribution in [2.24, 2.45) is 5.92 Å². The zero-order valence-electron chi connectivity index (χ0n) is 18.0. The second-order valence-electron chi connectivity index (χ2n) is 7.94. The molecule has 1 saturated heterocycles. The van der Waals surface area contributed by atoms with Crippen LogP contribution in [0, 0.1) is 17.6 Å². The van der Waals surface area contributed by atoms with E-state index in [-0.39, 0.29) is 24.7 Å². The maximum atomic E-state index is 14.7. The van der Waals surface area contributed by atoms with Crippen molar-refractivity contribution in [1.29, 1.82) is 0 Å². The summed E-state index contributed by atoms with van der Waals surface area (Å²) < 4.78 is 51.0. The van der Waals surface area contributed by atoms with Crippen molar-refractivity contribution < 1.29 is 32.5 Å². The molecule has 1 amide bonds. The Kier molecular flexibility index (Phi) is 7.96. The van der Waals surface area contributed by atoms with Crippen LogP contribution in [0.5, 0.6) is 0 Å². The number of ether oxygens (including phenoxy) is 4. The Bertz CT molecular complexity index is 672. The lowest BCUT2D eigenvalue weighted by atomic mass is 9.88. The van der Waals surface area contributed by atoms with Crippen LogP contribution < -0.4 is 0 Å². The minimum Gasteiger partial charge on any atom is -0.444 e. The Hall–Kier alpha value is -1.77. The van der Waals surface area contributed by atoms with E-state index in [0.717, 1.165) is 0 Å². The van der Waals surface area contributed by atoms with Gasteiger partial charge in [0.2, 0.25) is 0 Å². The first-order valence-electron chi connectivity index (χ1n) is 9.84. The molecule has 1 aliphatic heterocycles. The van der Waals surface area contributed by atoms with Crippen LogP contribution in [0.3, 0.4) is 0 Å². The largest absolute Gasteiger partial charge is 0.444 e. The van der Waals surface area contributed by atoms with Crippen molar-refractivity contribution in [3.63, 3.8) is 0 Å². The number of rotatable bonds is 8. The van der Waals surface area contributed by atoms with Crippen molar-refractivity contribution in [3.8, 4) is 0 Å². The molecule has 0 bridgehead atoms. The number of halogens is 2. The van der Waals surface area contributed by atoms with E-state index < -0.39 is 35.7 Å². The number of amides is 1. The molecule has 0 saturated carbocycles. The molecule has 8 heteroatoms. The molecule has 6 nitrogen and oxygen atoms in total. The molecule has 1 aromatic rings. The van der Waals surface area contributed by atoms with E-state index in [9.17, 15) is 13.6 Å². The molecule has 1 fully saturated rings. The Labute approximate surface area is 171 Å². The fourth-order valence-electron chi connectivity index (χ4n) is 3.29. The molecule has 1 aliphatic rings. The second-order valence-corrected chi connectivity index (χ2v) is 7.94. The lowest BCUT2D eigenvalue weighted by molar-refractivity contribution is -0.143. The van der Waals surface area contributed by atoms with Gasteiger partial charge < -0.3 is 23.8 Å². The fourth-order valence-corrected chi connectivity index (χ4v) is 3.29. The van der Waals surface area contributed by atoms with Gasteiger partial charge >= 0.3 is 6.09 Å². The Morgan fingerprint density at radius 1 is 1.14 bits per heavy atom. The van der Waals surface area contributed by atoms with Gasteiger partial charge in [0.25, 0.3) is 0 Å². The van der Waals surface area contributed by atoms with Crippen LogP contribution in [0.15, 0.2) is 12.1 Å². The summed E-state index contributed by atoms with van der Waals surface area (Å²) in [4.78, 5) is 13.6. The highest BCUT2D eigenvalue weighted by atomic mass is 19.1. The molecule has 0 aromatic heterocycles. The number of likely N-dealkylation sites (tertiary alicyclic amines) is 1. The van der Waals surface area contributed by atoms with E-state index in [2.05, 4.69) is 0 Å². The summed E-state index contributed by atoms with van der Waals surface area (Å²) in [6, 6.07) is 2.49. The minimum atomic E-state index is -1.11. The van der Waals surface area contributed by atoms with Crippen molar-refractivity contribution in [2.75, 3.05) is 33.4 Å². The smallest absolute Gasteiger partial charge is 0.410 e. The standard InChI is InChI=1S/C21H31F2NO5/c1-7-27-19(28-8-2)17-15(22)9-13(10-16(17)23)18(26-6)14-11-24(12-14)20(25)29-21(3,4)5/h9-10,14,18-19H,7-8,11-12H2,1-6H3. The highest BCUT2D eigenvalue weighted by Gasteiger charge is 2.39. The Morgan fingerprint density at radius 3 is 2.07 bits per heavy atom. The van der Waals surface area contributed by atoms with Gasteiger partial charge in [-0.05, 0) is 52.3 Å². The van der Waals surface area contributed by atoms with Crippen LogP contribution in [-0.2, 0) is 18.9 Å². The van der Waals surface area contributed by atoms with E-state index >= 15 is 0 Å². The maximum Gasteiger partial charge on any atom is 0.410 e. The Morgan fingerprint density at radius 2 is 1.66 bits per heavy atom. The van der Waals surface area contributed by atoms with Gasteiger partial charge in [-0.3, -0.25) is 0 Å². The second kappa shape index (κ2) is 9.82. The van der Waals surface area contributed by atoms with E-state index in [0.29, 0.717) is 18.7 Å². The molecule has 0 spiro atoms. The SMILES string of the molecule is CCOC(OCC)c1c(F)cc(C(OC)C2CN(C(=O)OC(C)(C)C)C2)cc1F. The number of nitrogens with zero attached hydrogens (tertiary/aromatic N) is 1. The van der Waals surface area contributed by atoms with Gasteiger partial charge in [-0.15, -0.1) is 0 Å². The third-order valence-corrected chi connectivity index (χ3v) is 4.55. The molecule has 1 atom stereocenters. The molecule has 29 heavy (non-hydrogen) atoms. The number of carbonyl (C=O) groups is 1. The highest BCUT2D eigenvalue weighted by molar-refractivity contribution is 5.69. The van der Waals surface area contributed by atoms with Crippen LogP contribution in [0.1, 0.15) is 58.1 Å². The number of hydrogen-bond acceptors (Lipinski definition) is 5. The molecule has 0 N–H and O–H groups in total.